The number of carbonyl (C=O) groups is 2. The highest BCUT2D eigenvalue weighted by Gasteiger charge is 2.20. The molecule has 0 aliphatic carbocycles. The van der Waals surface area contributed by atoms with Gasteiger partial charge in [-0.25, -0.2) is 0 Å². The molecule has 5 nitrogen and oxygen atoms in total. The molecular weight excluding hydrogens is 268 g/mol. The van der Waals surface area contributed by atoms with E-state index in [0.29, 0.717) is 12.2 Å². The maximum Gasteiger partial charge on any atom is 0.313 e. The van der Waals surface area contributed by atoms with E-state index < -0.39 is 11.8 Å². The van der Waals surface area contributed by atoms with Gasteiger partial charge in [0.05, 0.1) is 6.61 Å². The Morgan fingerprint density at radius 1 is 1.19 bits per heavy atom. The lowest BCUT2D eigenvalue weighted by atomic mass is 10.1. The number of carbonyl (C=O) groups excluding carboxylic acids is 2. The zero-order valence-electron chi connectivity index (χ0n) is 12.8. The molecule has 0 bridgehead atoms. The molecule has 0 aliphatic heterocycles. The second-order valence-electron chi connectivity index (χ2n) is 4.86. The van der Waals surface area contributed by atoms with Gasteiger partial charge in [0.15, 0.2) is 0 Å². The minimum Gasteiger partial charge on any atom is -0.395 e. The number of aryl methyl sites for hydroxylation is 1. The Kier molecular flexibility index (Phi) is 7.46. The highest BCUT2D eigenvalue weighted by molar-refractivity contribution is 6.39. The lowest BCUT2D eigenvalue weighted by Crippen LogP contribution is -2.41. The molecule has 116 valence electrons. The fourth-order valence-electron chi connectivity index (χ4n) is 1.99. The van der Waals surface area contributed by atoms with Gasteiger partial charge in [-0.1, -0.05) is 25.5 Å². The van der Waals surface area contributed by atoms with Gasteiger partial charge in [0.1, 0.15) is 0 Å². The molecule has 0 unspecified atom stereocenters. The van der Waals surface area contributed by atoms with Gasteiger partial charge in [0.25, 0.3) is 0 Å². The third-order valence-electron chi connectivity index (χ3n) is 3.26. The van der Waals surface area contributed by atoms with Crippen LogP contribution in [0, 0.1) is 0 Å². The van der Waals surface area contributed by atoms with Crippen LogP contribution in [0.2, 0.25) is 0 Å². The number of aliphatic hydroxyl groups excluding tert-OH is 1. The molecule has 1 aromatic carbocycles. The standard InChI is InChI=1S/C16H24N2O3/c1-3-5-6-13-7-9-14(10-8-13)17-15(20)16(21)18(4-2)11-12-19/h7-10,19H,3-6,11-12H2,1-2H3,(H,17,20). The number of hydrogen-bond acceptors (Lipinski definition) is 3. The molecule has 0 fully saturated rings. The molecule has 21 heavy (non-hydrogen) atoms. The minimum absolute atomic E-state index is 0.154. The molecule has 1 aromatic rings. The van der Waals surface area contributed by atoms with Crippen molar-refractivity contribution in [3.63, 3.8) is 0 Å². The van der Waals surface area contributed by atoms with Gasteiger partial charge < -0.3 is 15.3 Å². The van der Waals surface area contributed by atoms with E-state index in [0.717, 1.165) is 19.3 Å². The lowest BCUT2D eigenvalue weighted by molar-refractivity contribution is -0.143. The van der Waals surface area contributed by atoms with Crippen molar-refractivity contribution in [2.75, 3.05) is 25.0 Å². The average molecular weight is 292 g/mol. The van der Waals surface area contributed by atoms with Crippen LogP contribution in [0.15, 0.2) is 24.3 Å². The predicted octanol–water partition coefficient (Wildman–Crippen LogP) is 1.81. The van der Waals surface area contributed by atoms with Crippen LogP contribution >= 0.6 is 0 Å². The van der Waals surface area contributed by atoms with Crippen LogP contribution < -0.4 is 5.32 Å². The van der Waals surface area contributed by atoms with E-state index in [2.05, 4.69) is 12.2 Å². The number of benzene rings is 1. The molecule has 0 atom stereocenters. The Bertz CT molecular complexity index is 457. The molecule has 0 aromatic heterocycles. The Balaban J connectivity index is 2.59. The fourth-order valence-corrected chi connectivity index (χ4v) is 1.99. The van der Waals surface area contributed by atoms with Crippen LogP contribution in [0.5, 0.6) is 0 Å². The van der Waals surface area contributed by atoms with Crippen LogP contribution in [-0.4, -0.2) is 41.5 Å². The summed E-state index contributed by atoms with van der Waals surface area (Å²) in [6.45, 7) is 4.32. The van der Waals surface area contributed by atoms with E-state index in [-0.39, 0.29) is 13.2 Å². The Morgan fingerprint density at radius 3 is 2.38 bits per heavy atom. The zero-order valence-corrected chi connectivity index (χ0v) is 12.8. The van der Waals surface area contributed by atoms with Crippen molar-refractivity contribution in [1.29, 1.82) is 0 Å². The molecule has 0 saturated heterocycles. The molecule has 2 N–H and O–H groups in total. The van der Waals surface area contributed by atoms with Crippen molar-refractivity contribution in [3.05, 3.63) is 29.8 Å². The summed E-state index contributed by atoms with van der Waals surface area (Å²) in [6, 6.07) is 7.53. The van der Waals surface area contributed by atoms with E-state index in [1.165, 1.54) is 10.5 Å². The van der Waals surface area contributed by atoms with Gasteiger partial charge in [-0.15, -0.1) is 0 Å². The highest BCUT2D eigenvalue weighted by Crippen LogP contribution is 2.12. The van der Waals surface area contributed by atoms with E-state index in [1.807, 2.05) is 12.1 Å². The Hall–Kier alpha value is -1.88. The van der Waals surface area contributed by atoms with Crippen molar-refractivity contribution in [1.82, 2.24) is 4.90 Å². The first-order valence-electron chi connectivity index (χ1n) is 7.42. The number of aliphatic hydroxyl groups is 1. The average Bonchev–Trinajstić information content (AvgIpc) is 2.51. The molecule has 5 heteroatoms. The summed E-state index contributed by atoms with van der Waals surface area (Å²) in [4.78, 5) is 25.1. The highest BCUT2D eigenvalue weighted by atomic mass is 16.3. The van der Waals surface area contributed by atoms with Crippen molar-refractivity contribution < 1.29 is 14.7 Å². The fraction of sp³-hybridized carbons (Fsp3) is 0.500. The first-order chi connectivity index (χ1) is 10.1. The largest absolute Gasteiger partial charge is 0.395 e. The van der Waals surface area contributed by atoms with Crippen molar-refractivity contribution in [3.8, 4) is 0 Å². The maximum absolute atomic E-state index is 11.9. The second kappa shape index (κ2) is 9.13. The van der Waals surface area contributed by atoms with Crippen LogP contribution in [0.4, 0.5) is 5.69 Å². The Morgan fingerprint density at radius 2 is 1.86 bits per heavy atom. The SMILES string of the molecule is CCCCc1ccc(NC(=O)C(=O)N(CC)CCO)cc1. The molecule has 0 saturated carbocycles. The van der Waals surface area contributed by atoms with Gasteiger partial charge in [-0.2, -0.15) is 0 Å². The van der Waals surface area contributed by atoms with E-state index in [9.17, 15) is 9.59 Å². The van der Waals surface area contributed by atoms with Crippen molar-refractivity contribution >= 4 is 17.5 Å². The van der Waals surface area contributed by atoms with E-state index in [1.54, 1.807) is 19.1 Å². The van der Waals surface area contributed by atoms with Gasteiger partial charge in [0, 0.05) is 18.8 Å². The van der Waals surface area contributed by atoms with Crippen LogP contribution in [0.1, 0.15) is 32.3 Å². The third kappa shape index (κ3) is 5.55. The number of likely N-dealkylation sites (N-methyl/N-ethyl adjacent to an activating group) is 1. The monoisotopic (exact) mass is 292 g/mol. The molecular formula is C16H24N2O3. The summed E-state index contributed by atoms with van der Waals surface area (Å²) >= 11 is 0. The summed E-state index contributed by atoms with van der Waals surface area (Å²) < 4.78 is 0. The van der Waals surface area contributed by atoms with Gasteiger partial charge in [-0.05, 0) is 37.5 Å². The summed E-state index contributed by atoms with van der Waals surface area (Å²) in [6.07, 6.45) is 3.30. The normalized spacial score (nSPS) is 10.2. The van der Waals surface area contributed by atoms with E-state index >= 15 is 0 Å². The number of hydrogen-bond donors (Lipinski definition) is 2. The molecule has 0 radical (unpaired) electrons. The van der Waals surface area contributed by atoms with Crippen LogP contribution in [0.25, 0.3) is 0 Å². The molecule has 0 aliphatic rings. The summed E-state index contributed by atoms with van der Waals surface area (Å²) in [7, 11) is 0. The topological polar surface area (TPSA) is 69.6 Å². The van der Waals surface area contributed by atoms with Crippen LogP contribution in [0.3, 0.4) is 0 Å². The van der Waals surface area contributed by atoms with Gasteiger partial charge in [-0.3, -0.25) is 9.59 Å². The number of nitrogens with one attached hydrogen (secondary N) is 1. The summed E-state index contributed by atoms with van der Waals surface area (Å²) in [5.74, 6) is -1.30. The summed E-state index contributed by atoms with van der Waals surface area (Å²) in [5.41, 5.74) is 1.82. The van der Waals surface area contributed by atoms with Crippen molar-refractivity contribution in [2.24, 2.45) is 0 Å². The van der Waals surface area contributed by atoms with E-state index in [4.69, 9.17) is 5.11 Å². The Labute approximate surface area is 126 Å². The number of nitrogens with zero attached hydrogens (tertiary/aromatic N) is 1. The predicted molar refractivity (Wildman–Crippen MR) is 83.0 cm³/mol. The number of unbranched alkanes of at least 4 members (excludes halogenated alkanes) is 1. The number of amides is 2. The number of rotatable bonds is 7. The number of anilines is 1. The zero-order chi connectivity index (χ0) is 15.7. The quantitative estimate of drug-likeness (QED) is 0.753. The van der Waals surface area contributed by atoms with Gasteiger partial charge >= 0.3 is 11.8 Å². The van der Waals surface area contributed by atoms with Crippen LogP contribution in [-0.2, 0) is 16.0 Å². The first-order valence-corrected chi connectivity index (χ1v) is 7.42. The second-order valence-corrected chi connectivity index (χ2v) is 4.86. The molecule has 0 spiro atoms. The summed E-state index contributed by atoms with van der Waals surface area (Å²) in [5, 5.41) is 11.5. The molecule has 0 heterocycles. The third-order valence-corrected chi connectivity index (χ3v) is 3.26. The molecule has 2 amide bonds. The first kappa shape index (κ1) is 17.2. The minimum atomic E-state index is -0.674. The lowest BCUT2D eigenvalue weighted by Gasteiger charge is -2.18. The smallest absolute Gasteiger partial charge is 0.313 e. The van der Waals surface area contributed by atoms with Gasteiger partial charge in [0.2, 0.25) is 0 Å². The maximum atomic E-state index is 11.9. The molecule has 1 rings (SSSR count). The van der Waals surface area contributed by atoms with Crippen molar-refractivity contribution in [2.45, 2.75) is 33.1 Å².